The second-order valence-electron chi connectivity index (χ2n) is 9.06. The first-order chi connectivity index (χ1) is 14.5. The van der Waals surface area contributed by atoms with Crippen molar-refractivity contribution in [3.8, 4) is 0 Å². The van der Waals surface area contributed by atoms with Crippen molar-refractivity contribution in [2.75, 3.05) is 6.54 Å². The number of rotatable bonds is 7. The first kappa shape index (κ1) is 22.8. The van der Waals surface area contributed by atoms with Crippen LogP contribution in [0.1, 0.15) is 69.4 Å². The monoisotopic (exact) mass is 478 g/mol. The zero-order valence-corrected chi connectivity index (χ0v) is 19.8. The van der Waals surface area contributed by atoms with Crippen LogP contribution < -0.4 is 5.73 Å². The fourth-order valence-electron chi connectivity index (χ4n) is 5.44. The van der Waals surface area contributed by atoms with Crippen molar-refractivity contribution in [2.45, 2.75) is 63.5 Å². The molecule has 5 rings (SSSR count). The Morgan fingerprint density at radius 2 is 1.84 bits per heavy atom. The van der Waals surface area contributed by atoms with Crippen molar-refractivity contribution in [2.24, 2.45) is 11.7 Å². The lowest BCUT2D eigenvalue weighted by atomic mass is 9.83. The lowest BCUT2D eigenvalue weighted by Crippen LogP contribution is -2.41. The van der Waals surface area contributed by atoms with Crippen LogP contribution in [0.5, 0.6) is 0 Å². The molecule has 0 spiro atoms. The molecule has 2 aliphatic heterocycles. The maximum Gasteiger partial charge on any atom is 0.250 e. The van der Waals surface area contributed by atoms with E-state index < -0.39 is 0 Å². The standard InChI is InChI=1S/C24H27ClN2O2S.ClH/c25-16-6-4-14(5-7-16)10-18(28)12-21-23(24(26)29)22-19-9-8-17(11-20(22)30-21)27(19)13-15-2-1-3-15;/h4-7,15,17,19H,1-3,8-13H2,(H2,26,29);1H/t17-,19?;/m1./s1. The van der Waals surface area contributed by atoms with Gasteiger partial charge in [0.2, 0.25) is 5.91 Å². The average molecular weight is 479 g/mol. The van der Waals surface area contributed by atoms with E-state index in [0.29, 0.717) is 29.1 Å². The maximum atomic E-state index is 12.8. The highest BCUT2D eigenvalue weighted by Gasteiger charge is 2.44. The first-order valence-corrected chi connectivity index (χ1v) is 12.1. The molecule has 0 radical (unpaired) electrons. The van der Waals surface area contributed by atoms with Crippen LogP contribution in [-0.2, 0) is 24.1 Å². The molecule has 3 aliphatic rings. The number of amides is 1. The van der Waals surface area contributed by atoms with Crippen molar-refractivity contribution in [1.29, 1.82) is 0 Å². The number of halogens is 2. The van der Waals surface area contributed by atoms with Crippen molar-refractivity contribution in [3.05, 3.63) is 55.7 Å². The van der Waals surface area contributed by atoms with E-state index in [1.165, 1.54) is 30.6 Å². The molecule has 2 aromatic rings. The van der Waals surface area contributed by atoms with Gasteiger partial charge in [-0.3, -0.25) is 14.5 Å². The number of hydrogen-bond donors (Lipinski definition) is 1. The molecule has 1 aromatic carbocycles. The van der Waals surface area contributed by atoms with Crippen molar-refractivity contribution in [3.63, 3.8) is 0 Å². The molecule has 31 heavy (non-hydrogen) atoms. The number of nitrogens with two attached hydrogens (primary N) is 1. The Kier molecular flexibility index (Phi) is 6.78. The Hall–Kier alpha value is -1.40. The molecule has 1 unspecified atom stereocenters. The largest absolute Gasteiger partial charge is 0.366 e. The summed E-state index contributed by atoms with van der Waals surface area (Å²) < 4.78 is 0. The Labute approximate surface area is 198 Å². The molecular formula is C24H28Cl2N2O2S. The summed E-state index contributed by atoms with van der Waals surface area (Å²) in [4.78, 5) is 30.1. The van der Waals surface area contributed by atoms with E-state index in [1.54, 1.807) is 23.5 Å². The van der Waals surface area contributed by atoms with Gasteiger partial charge in [-0.1, -0.05) is 30.2 Å². The highest BCUT2D eigenvalue weighted by molar-refractivity contribution is 7.12. The lowest BCUT2D eigenvalue weighted by Gasteiger charge is -2.40. The van der Waals surface area contributed by atoms with Gasteiger partial charge in [0, 0.05) is 46.2 Å². The van der Waals surface area contributed by atoms with Gasteiger partial charge in [-0.05, 0) is 61.3 Å². The number of primary amides is 1. The Bertz CT molecular complexity index is 984. The van der Waals surface area contributed by atoms with Crippen LogP contribution in [0.25, 0.3) is 0 Å². The summed E-state index contributed by atoms with van der Waals surface area (Å²) >= 11 is 7.59. The molecule has 7 heteroatoms. The summed E-state index contributed by atoms with van der Waals surface area (Å²) in [6.07, 6.45) is 7.93. The van der Waals surface area contributed by atoms with Gasteiger partial charge in [-0.15, -0.1) is 23.7 Å². The normalized spacial score (nSPS) is 22.5. The van der Waals surface area contributed by atoms with Gasteiger partial charge >= 0.3 is 0 Å². The van der Waals surface area contributed by atoms with Gasteiger partial charge in [0.15, 0.2) is 0 Å². The van der Waals surface area contributed by atoms with Crippen LogP contribution in [0.4, 0.5) is 0 Å². The van der Waals surface area contributed by atoms with E-state index in [4.69, 9.17) is 17.3 Å². The fraction of sp³-hybridized carbons (Fsp3) is 0.500. The van der Waals surface area contributed by atoms with E-state index in [0.717, 1.165) is 41.3 Å². The number of hydrogen-bond acceptors (Lipinski definition) is 4. The minimum Gasteiger partial charge on any atom is -0.366 e. The third-order valence-electron chi connectivity index (χ3n) is 7.10. The number of thiophene rings is 1. The molecule has 1 amide bonds. The summed E-state index contributed by atoms with van der Waals surface area (Å²) in [6, 6.07) is 8.25. The molecule has 1 saturated carbocycles. The first-order valence-electron chi connectivity index (χ1n) is 11.0. The molecule has 2 bridgehead atoms. The Morgan fingerprint density at radius 3 is 2.48 bits per heavy atom. The predicted octanol–water partition coefficient (Wildman–Crippen LogP) is 5.14. The Morgan fingerprint density at radius 1 is 1.10 bits per heavy atom. The van der Waals surface area contributed by atoms with Crippen molar-refractivity contribution < 1.29 is 9.59 Å². The van der Waals surface area contributed by atoms with Crippen molar-refractivity contribution in [1.82, 2.24) is 4.90 Å². The van der Waals surface area contributed by atoms with Crippen LogP contribution in [0.3, 0.4) is 0 Å². The molecule has 1 saturated heterocycles. The van der Waals surface area contributed by atoms with E-state index >= 15 is 0 Å². The van der Waals surface area contributed by atoms with Gasteiger partial charge in [0.05, 0.1) is 5.56 Å². The molecule has 2 fully saturated rings. The number of Topliss-reactive ketones (excluding diaryl/α,β-unsaturated/α-hetero) is 1. The van der Waals surface area contributed by atoms with E-state index in [2.05, 4.69) is 4.90 Å². The zero-order valence-electron chi connectivity index (χ0n) is 17.4. The molecular weight excluding hydrogens is 451 g/mol. The molecule has 1 aliphatic carbocycles. The van der Waals surface area contributed by atoms with Gasteiger partial charge < -0.3 is 5.73 Å². The maximum absolute atomic E-state index is 12.8. The number of fused-ring (bicyclic) bond motifs is 4. The molecule has 2 N–H and O–H groups in total. The van der Waals surface area contributed by atoms with Crippen molar-refractivity contribution >= 4 is 47.0 Å². The summed E-state index contributed by atoms with van der Waals surface area (Å²) in [5.41, 5.74) is 8.60. The SMILES string of the molecule is Cl.NC(=O)c1c(CC(=O)Cc2ccc(Cl)cc2)sc2c1C1CC[C@H](C2)N1CC1CCC1. The topological polar surface area (TPSA) is 63.4 Å². The van der Waals surface area contributed by atoms with Crippen LogP contribution >= 0.6 is 35.3 Å². The summed E-state index contributed by atoms with van der Waals surface area (Å²) in [6.45, 7) is 1.15. The lowest BCUT2D eigenvalue weighted by molar-refractivity contribution is -0.117. The highest BCUT2D eigenvalue weighted by atomic mass is 35.5. The average Bonchev–Trinajstić information content (AvgIpc) is 3.16. The van der Waals surface area contributed by atoms with Crippen LogP contribution in [0, 0.1) is 5.92 Å². The minimum atomic E-state index is -0.379. The molecule has 2 atom stereocenters. The number of carbonyl (C=O) groups is 2. The second-order valence-corrected chi connectivity index (χ2v) is 10.7. The molecule has 4 nitrogen and oxygen atoms in total. The van der Waals surface area contributed by atoms with Crippen LogP contribution in [-0.4, -0.2) is 29.2 Å². The number of nitrogens with zero attached hydrogens (tertiary/aromatic N) is 1. The third kappa shape index (κ3) is 4.43. The minimum absolute atomic E-state index is 0. The fourth-order valence-corrected chi connectivity index (χ4v) is 7.04. The molecule has 1 aromatic heterocycles. The highest BCUT2D eigenvalue weighted by Crippen LogP contribution is 2.50. The Balaban J connectivity index is 0.00000231. The summed E-state index contributed by atoms with van der Waals surface area (Å²) in [5.74, 6) is 0.538. The smallest absolute Gasteiger partial charge is 0.250 e. The zero-order chi connectivity index (χ0) is 20.8. The second kappa shape index (κ2) is 9.22. The quantitative estimate of drug-likeness (QED) is 0.598. The molecule has 3 heterocycles. The number of carbonyl (C=O) groups excluding carboxylic acids is 2. The number of ketones is 1. The van der Waals surface area contributed by atoms with Gasteiger partial charge in [0.25, 0.3) is 0 Å². The number of benzene rings is 1. The van der Waals surface area contributed by atoms with Crippen LogP contribution in [0.15, 0.2) is 24.3 Å². The van der Waals surface area contributed by atoms with E-state index in [1.807, 2.05) is 12.1 Å². The third-order valence-corrected chi connectivity index (χ3v) is 8.58. The summed E-state index contributed by atoms with van der Waals surface area (Å²) in [7, 11) is 0. The van der Waals surface area contributed by atoms with Crippen LogP contribution in [0.2, 0.25) is 5.02 Å². The molecule has 166 valence electrons. The summed E-state index contributed by atoms with van der Waals surface area (Å²) in [5, 5.41) is 0.662. The van der Waals surface area contributed by atoms with Gasteiger partial charge in [-0.25, -0.2) is 0 Å². The predicted molar refractivity (Wildman–Crippen MR) is 127 cm³/mol. The van der Waals surface area contributed by atoms with Gasteiger partial charge in [0.1, 0.15) is 5.78 Å². The van der Waals surface area contributed by atoms with E-state index in [-0.39, 0.29) is 30.5 Å². The van der Waals surface area contributed by atoms with E-state index in [9.17, 15) is 9.59 Å². The van der Waals surface area contributed by atoms with Gasteiger partial charge in [-0.2, -0.15) is 0 Å².